The Bertz CT molecular complexity index is 1290. The smallest absolute Gasteiger partial charge is 0.150 e. The van der Waals surface area contributed by atoms with Gasteiger partial charge in [-0.3, -0.25) is 4.40 Å². The molecule has 0 saturated carbocycles. The van der Waals surface area contributed by atoms with Crippen LogP contribution in [-0.4, -0.2) is 19.4 Å². The molecule has 0 spiro atoms. The zero-order valence-corrected chi connectivity index (χ0v) is 15.6. The quantitative estimate of drug-likeness (QED) is 0.531. The minimum atomic E-state index is -0.779. The predicted molar refractivity (Wildman–Crippen MR) is 104 cm³/mol. The predicted octanol–water partition coefficient (Wildman–Crippen LogP) is 3.84. The van der Waals surface area contributed by atoms with Crippen LogP contribution in [0.25, 0.3) is 16.9 Å². The Hall–Kier alpha value is -4.13. The maximum Gasteiger partial charge on any atom is 0.150 e. The van der Waals surface area contributed by atoms with E-state index in [0.29, 0.717) is 17.0 Å². The molecule has 1 unspecified atom stereocenters. The fraction of sp³-hybridized carbons (Fsp3) is 0.100. The van der Waals surface area contributed by atoms with Crippen molar-refractivity contribution in [2.24, 2.45) is 0 Å². The first-order valence-electron chi connectivity index (χ1n) is 8.78. The highest BCUT2D eigenvalue weighted by atomic mass is 19.1. The van der Waals surface area contributed by atoms with Gasteiger partial charge in [0.15, 0.2) is 0 Å². The van der Waals surface area contributed by atoms with Gasteiger partial charge < -0.3 is 11.1 Å². The van der Waals surface area contributed by atoms with Crippen molar-refractivity contribution in [3.05, 3.63) is 71.6 Å². The Kier molecular flexibility index (Phi) is 4.71. The zero-order valence-electron chi connectivity index (χ0n) is 15.6. The van der Waals surface area contributed by atoms with Crippen LogP contribution in [-0.2, 0) is 0 Å². The van der Waals surface area contributed by atoms with E-state index < -0.39 is 23.5 Å². The number of halogens is 3. The topological polar surface area (TPSA) is 105 Å². The highest BCUT2D eigenvalue weighted by Crippen LogP contribution is 2.32. The van der Waals surface area contributed by atoms with Gasteiger partial charge in [-0.05, 0) is 31.2 Å². The number of benzene rings is 1. The molecule has 4 rings (SSSR count). The van der Waals surface area contributed by atoms with E-state index in [4.69, 9.17) is 5.73 Å². The van der Waals surface area contributed by atoms with E-state index in [2.05, 4.69) is 20.3 Å². The van der Waals surface area contributed by atoms with E-state index in [-0.39, 0.29) is 22.8 Å². The van der Waals surface area contributed by atoms with Crippen molar-refractivity contribution in [1.82, 2.24) is 19.4 Å². The Morgan fingerprint density at radius 2 is 1.83 bits per heavy atom. The van der Waals surface area contributed by atoms with Crippen LogP contribution >= 0.6 is 0 Å². The van der Waals surface area contributed by atoms with Crippen LogP contribution < -0.4 is 11.1 Å². The molecule has 0 fully saturated rings. The summed E-state index contributed by atoms with van der Waals surface area (Å²) in [7, 11) is 0. The van der Waals surface area contributed by atoms with E-state index in [9.17, 15) is 18.4 Å². The molecule has 1 atom stereocenters. The molecule has 150 valence electrons. The molecule has 30 heavy (non-hydrogen) atoms. The number of nitrogens with one attached hydrogen (secondary N) is 1. The van der Waals surface area contributed by atoms with Crippen LogP contribution in [0, 0.1) is 28.8 Å². The van der Waals surface area contributed by atoms with Crippen LogP contribution in [0.2, 0.25) is 0 Å². The van der Waals surface area contributed by atoms with Crippen molar-refractivity contribution in [2.75, 3.05) is 11.1 Å². The van der Waals surface area contributed by atoms with Gasteiger partial charge in [0.05, 0.1) is 17.4 Å². The van der Waals surface area contributed by atoms with E-state index in [1.807, 2.05) is 6.07 Å². The van der Waals surface area contributed by atoms with Gasteiger partial charge in [0.25, 0.3) is 0 Å². The van der Waals surface area contributed by atoms with Gasteiger partial charge in [-0.15, -0.1) is 0 Å². The molecular weight excluding hydrogens is 395 g/mol. The van der Waals surface area contributed by atoms with Gasteiger partial charge >= 0.3 is 0 Å². The number of nitrogens with two attached hydrogens (primary N) is 1. The van der Waals surface area contributed by atoms with E-state index >= 15 is 0 Å². The van der Waals surface area contributed by atoms with Gasteiger partial charge in [0.1, 0.15) is 52.7 Å². The van der Waals surface area contributed by atoms with Crippen molar-refractivity contribution < 1.29 is 13.2 Å². The molecule has 0 saturated heterocycles. The molecule has 0 amide bonds. The lowest BCUT2D eigenvalue weighted by molar-refractivity contribution is 0.584. The Morgan fingerprint density at radius 1 is 1.10 bits per heavy atom. The summed E-state index contributed by atoms with van der Waals surface area (Å²) in [5.74, 6) is -1.92. The molecule has 0 bridgehead atoms. The third-order valence-electron chi connectivity index (χ3n) is 4.50. The SMILES string of the molecule is CC(Nc1ncnc(N)c1C#N)c1nc2ccc(F)cn2c1-c1cc(F)cc(F)c1. The molecule has 3 aromatic heterocycles. The lowest BCUT2D eigenvalue weighted by Gasteiger charge is -2.16. The average Bonchev–Trinajstić information content (AvgIpc) is 3.06. The summed E-state index contributed by atoms with van der Waals surface area (Å²) >= 11 is 0. The third kappa shape index (κ3) is 3.37. The van der Waals surface area contributed by atoms with Gasteiger partial charge in [0.2, 0.25) is 0 Å². The fourth-order valence-corrected chi connectivity index (χ4v) is 3.21. The van der Waals surface area contributed by atoms with Crippen LogP contribution in [0.3, 0.4) is 0 Å². The highest BCUT2D eigenvalue weighted by Gasteiger charge is 2.22. The van der Waals surface area contributed by atoms with Crippen molar-refractivity contribution in [3.8, 4) is 17.3 Å². The number of aromatic nitrogens is 4. The standard InChI is InChI=1S/C20H14F3N7/c1-10(28-20-15(7-24)19(25)26-9-27-20)17-18(11-4-13(22)6-14(23)5-11)30-8-12(21)2-3-16(30)29-17/h2-6,8-10H,1H3,(H3,25,26,27,28). The summed E-state index contributed by atoms with van der Waals surface area (Å²) in [6.45, 7) is 1.72. The number of nitrogen functional groups attached to an aromatic ring is 1. The molecule has 0 aliphatic heterocycles. The van der Waals surface area contributed by atoms with E-state index in [1.54, 1.807) is 6.92 Å². The number of pyridine rings is 1. The summed E-state index contributed by atoms with van der Waals surface area (Å²) in [4.78, 5) is 12.3. The largest absolute Gasteiger partial charge is 0.382 e. The number of fused-ring (bicyclic) bond motifs is 1. The summed E-state index contributed by atoms with van der Waals surface area (Å²) in [5, 5.41) is 12.3. The second-order valence-corrected chi connectivity index (χ2v) is 6.54. The van der Waals surface area contributed by atoms with Crippen molar-refractivity contribution in [3.63, 3.8) is 0 Å². The van der Waals surface area contributed by atoms with Crippen LogP contribution in [0.5, 0.6) is 0 Å². The maximum absolute atomic E-state index is 13.9. The molecule has 10 heteroatoms. The zero-order chi connectivity index (χ0) is 21.4. The molecule has 3 N–H and O–H groups in total. The Morgan fingerprint density at radius 3 is 2.53 bits per heavy atom. The molecule has 0 radical (unpaired) electrons. The molecular formula is C20H14F3N7. The van der Waals surface area contributed by atoms with Gasteiger partial charge in [-0.2, -0.15) is 5.26 Å². The number of nitrogens with zero attached hydrogens (tertiary/aromatic N) is 5. The molecule has 7 nitrogen and oxygen atoms in total. The first-order valence-corrected chi connectivity index (χ1v) is 8.78. The van der Waals surface area contributed by atoms with Crippen molar-refractivity contribution in [2.45, 2.75) is 13.0 Å². The highest BCUT2D eigenvalue weighted by molar-refractivity contribution is 5.69. The molecule has 3 heterocycles. The van der Waals surface area contributed by atoms with Crippen LogP contribution in [0.1, 0.15) is 24.2 Å². The average molecular weight is 409 g/mol. The maximum atomic E-state index is 13.9. The fourth-order valence-electron chi connectivity index (χ4n) is 3.21. The molecule has 4 aromatic rings. The molecule has 0 aliphatic rings. The van der Waals surface area contributed by atoms with Crippen molar-refractivity contribution >= 4 is 17.3 Å². The van der Waals surface area contributed by atoms with E-state index in [0.717, 1.165) is 18.2 Å². The van der Waals surface area contributed by atoms with Crippen LogP contribution in [0.4, 0.5) is 24.8 Å². The number of rotatable bonds is 4. The van der Waals surface area contributed by atoms with Gasteiger partial charge in [-0.25, -0.2) is 28.1 Å². The molecule has 1 aromatic carbocycles. The third-order valence-corrected chi connectivity index (χ3v) is 4.50. The van der Waals surface area contributed by atoms with Gasteiger partial charge in [0, 0.05) is 17.8 Å². The Labute approximate surface area is 168 Å². The number of hydrogen-bond acceptors (Lipinski definition) is 6. The molecule has 0 aliphatic carbocycles. The number of imidazole rings is 1. The van der Waals surface area contributed by atoms with Gasteiger partial charge in [-0.1, -0.05) is 0 Å². The van der Waals surface area contributed by atoms with Crippen molar-refractivity contribution in [1.29, 1.82) is 5.26 Å². The number of hydrogen-bond donors (Lipinski definition) is 2. The second-order valence-electron chi connectivity index (χ2n) is 6.54. The van der Waals surface area contributed by atoms with Crippen LogP contribution in [0.15, 0.2) is 42.9 Å². The summed E-state index contributed by atoms with van der Waals surface area (Å²) in [5.41, 5.74) is 6.99. The summed E-state index contributed by atoms with van der Waals surface area (Å²) in [6, 6.07) is 7.05. The lowest BCUT2D eigenvalue weighted by Crippen LogP contribution is -2.12. The Balaban J connectivity index is 1.89. The minimum absolute atomic E-state index is 0.00620. The normalized spacial score (nSPS) is 12.0. The second kappa shape index (κ2) is 7.36. The number of anilines is 2. The first kappa shape index (κ1) is 19.2. The summed E-state index contributed by atoms with van der Waals surface area (Å²) in [6.07, 6.45) is 2.38. The lowest BCUT2D eigenvalue weighted by atomic mass is 10.1. The number of nitriles is 1. The van der Waals surface area contributed by atoms with E-state index in [1.165, 1.54) is 29.1 Å². The monoisotopic (exact) mass is 409 g/mol. The minimum Gasteiger partial charge on any atom is -0.382 e. The first-order chi connectivity index (χ1) is 14.4. The summed E-state index contributed by atoms with van der Waals surface area (Å²) < 4.78 is 43.1.